The van der Waals surface area contributed by atoms with Crippen molar-refractivity contribution in [3.63, 3.8) is 0 Å². The van der Waals surface area contributed by atoms with Gasteiger partial charge in [0.1, 0.15) is 5.75 Å². The monoisotopic (exact) mass is 351 g/mol. The van der Waals surface area contributed by atoms with E-state index >= 15 is 0 Å². The number of carbonyl (C=O) groups excluding carboxylic acids is 1. The second kappa shape index (κ2) is 7.03. The van der Waals surface area contributed by atoms with Gasteiger partial charge in [-0.3, -0.25) is 9.78 Å². The number of fused-ring (bicyclic) bond motifs is 1. The predicted molar refractivity (Wildman–Crippen MR) is 97.9 cm³/mol. The maximum absolute atomic E-state index is 12.2. The van der Waals surface area contributed by atoms with Crippen LogP contribution in [0.4, 0.5) is 5.13 Å². The number of nitrogens with zero attached hydrogens (tertiary/aromatic N) is 2. The van der Waals surface area contributed by atoms with Crippen LogP contribution in [0.5, 0.6) is 5.75 Å². The molecule has 6 heteroatoms. The average Bonchev–Trinajstić information content (AvgIpc) is 3.29. The number of aryl methyl sites for hydroxylation is 1. The molecule has 0 spiro atoms. The van der Waals surface area contributed by atoms with Gasteiger partial charge in [0, 0.05) is 36.2 Å². The van der Waals surface area contributed by atoms with Gasteiger partial charge in [-0.15, -0.1) is 11.3 Å². The van der Waals surface area contributed by atoms with E-state index in [-0.39, 0.29) is 5.91 Å². The minimum Gasteiger partial charge on any atom is -0.493 e. The first-order valence-corrected chi connectivity index (χ1v) is 9.06. The molecule has 5 nitrogen and oxygen atoms in total. The van der Waals surface area contributed by atoms with Crippen LogP contribution in [-0.2, 0) is 17.6 Å². The molecule has 0 aliphatic carbocycles. The zero-order valence-electron chi connectivity index (χ0n) is 13.6. The van der Waals surface area contributed by atoms with E-state index in [0.29, 0.717) is 18.0 Å². The number of carbonyl (C=O) groups is 1. The summed E-state index contributed by atoms with van der Waals surface area (Å²) in [6.45, 7) is 0.753. The lowest BCUT2D eigenvalue weighted by atomic mass is 10.0. The van der Waals surface area contributed by atoms with Crippen molar-refractivity contribution in [2.24, 2.45) is 0 Å². The van der Waals surface area contributed by atoms with E-state index in [2.05, 4.69) is 21.4 Å². The summed E-state index contributed by atoms with van der Waals surface area (Å²) in [5.41, 5.74) is 4.24. The molecular weight excluding hydrogens is 334 g/mol. The van der Waals surface area contributed by atoms with Crippen molar-refractivity contribution in [3.8, 4) is 17.0 Å². The lowest BCUT2D eigenvalue weighted by Crippen LogP contribution is -2.12. The van der Waals surface area contributed by atoms with Crippen molar-refractivity contribution in [3.05, 3.63) is 59.2 Å². The molecule has 25 heavy (non-hydrogen) atoms. The Kier molecular flexibility index (Phi) is 4.43. The van der Waals surface area contributed by atoms with Gasteiger partial charge in [0.25, 0.3) is 0 Å². The minimum atomic E-state index is -0.0209. The molecule has 0 radical (unpaired) electrons. The molecule has 0 atom stereocenters. The summed E-state index contributed by atoms with van der Waals surface area (Å²) in [6, 6.07) is 9.97. The standard InChI is InChI=1S/C19H17N3O2S/c23-18(4-2-13-1-3-17-15(11-13)7-10-24-17)22-19-21-16(12-25-19)14-5-8-20-9-6-14/h1,3,5-6,8-9,11-12H,2,4,7,10H2,(H,21,22,23). The third kappa shape index (κ3) is 3.69. The maximum atomic E-state index is 12.2. The molecule has 2 aromatic heterocycles. The highest BCUT2D eigenvalue weighted by Gasteiger charge is 2.13. The number of pyridine rings is 1. The van der Waals surface area contributed by atoms with Crippen LogP contribution in [-0.4, -0.2) is 22.5 Å². The van der Waals surface area contributed by atoms with Gasteiger partial charge >= 0.3 is 0 Å². The fraction of sp³-hybridized carbons (Fsp3) is 0.211. The molecule has 0 fully saturated rings. The topological polar surface area (TPSA) is 64.1 Å². The number of benzene rings is 1. The fourth-order valence-electron chi connectivity index (χ4n) is 2.82. The molecule has 0 bridgehead atoms. The maximum Gasteiger partial charge on any atom is 0.226 e. The van der Waals surface area contributed by atoms with Gasteiger partial charge in [0.15, 0.2) is 5.13 Å². The van der Waals surface area contributed by atoms with Crippen LogP contribution in [0.1, 0.15) is 17.5 Å². The molecule has 0 unspecified atom stereocenters. The normalized spacial score (nSPS) is 12.5. The first kappa shape index (κ1) is 15.8. The number of thiazole rings is 1. The smallest absolute Gasteiger partial charge is 0.226 e. The Bertz CT molecular complexity index is 893. The van der Waals surface area contributed by atoms with E-state index < -0.39 is 0 Å². The summed E-state index contributed by atoms with van der Waals surface area (Å²) in [4.78, 5) is 20.6. The van der Waals surface area contributed by atoms with Crippen molar-refractivity contribution in [2.75, 3.05) is 11.9 Å². The largest absolute Gasteiger partial charge is 0.493 e. The summed E-state index contributed by atoms with van der Waals surface area (Å²) in [5, 5.41) is 5.44. The number of amides is 1. The summed E-state index contributed by atoms with van der Waals surface area (Å²) < 4.78 is 5.51. The van der Waals surface area contributed by atoms with Gasteiger partial charge < -0.3 is 10.1 Å². The third-order valence-electron chi connectivity index (χ3n) is 4.12. The Morgan fingerprint density at radius 3 is 3.00 bits per heavy atom. The van der Waals surface area contributed by atoms with E-state index in [0.717, 1.165) is 35.6 Å². The number of aromatic nitrogens is 2. The first-order valence-electron chi connectivity index (χ1n) is 8.18. The van der Waals surface area contributed by atoms with Crippen LogP contribution < -0.4 is 10.1 Å². The molecule has 1 aromatic carbocycles. The van der Waals surface area contributed by atoms with E-state index in [4.69, 9.17) is 4.74 Å². The summed E-state index contributed by atoms with van der Waals surface area (Å²) >= 11 is 1.43. The first-order chi connectivity index (χ1) is 12.3. The zero-order chi connectivity index (χ0) is 17.1. The van der Waals surface area contributed by atoms with Crippen LogP contribution >= 0.6 is 11.3 Å². The van der Waals surface area contributed by atoms with E-state index in [9.17, 15) is 4.79 Å². The molecule has 1 aliphatic rings. The molecule has 4 rings (SSSR count). The van der Waals surface area contributed by atoms with Crippen molar-refractivity contribution in [1.29, 1.82) is 0 Å². The Morgan fingerprint density at radius 1 is 1.24 bits per heavy atom. The number of nitrogens with one attached hydrogen (secondary N) is 1. The van der Waals surface area contributed by atoms with Crippen LogP contribution in [0.2, 0.25) is 0 Å². The number of anilines is 1. The van der Waals surface area contributed by atoms with E-state index in [1.165, 1.54) is 16.9 Å². The third-order valence-corrected chi connectivity index (χ3v) is 4.88. The van der Waals surface area contributed by atoms with Crippen LogP contribution in [0, 0.1) is 0 Å². The molecular formula is C19H17N3O2S. The number of ether oxygens (including phenoxy) is 1. The molecule has 1 amide bonds. The van der Waals surface area contributed by atoms with E-state index in [1.54, 1.807) is 12.4 Å². The summed E-state index contributed by atoms with van der Waals surface area (Å²) in [6.07, 6.45) is 5.56. The van der Waals surface area contributed by atoms with Crippen LogP contribution in [0.15, 0.2) is 48.1 Å². The Balaban J connectivity index is 1.34. The van der Waals surface area contributed by atoms with Gasteiger partial charge in [-0.2, -0.15) is 0 Å². The lowest BCUT2D eigenvalue weighted by Gasteiger charge is -2.04. The van der Waals surface area contributed by atoms with Gasteiger partial charge in [0.2, 0.25) is 5.91 Å². The highest BCUT2D eigenvalue weighted by molar-refractivity contribution is 7.14. The van der Waals surface area contributed by atoms with Crippen molar-refractivity contribution < 1.29 is 9.53 Å². The number of hydrogen-bond donors (Lipinski definition) is 1. The van der Waals surface area contributed by atoms with E-state index in [1.807, 2.05) is 29.6 Å². The minimum absolute atomic E-state index is 0.0209. The fourth-order valence-corrected chi connectivity index (χ4v) is 3.56. The van der Waals surface area contributed by atoms with Gasteiger partial charge in [-0.1, -0.05) is 12.1 Å². The van der Waals surface area contributed by atoms with Crippen molar-refractivity contribution in [2.45, 2.75) is 19.3 Å². The molecule has 3 aromatic rings. The molecule has 0 saturated carbocycles. The number of hydrogen-bond acceptors (Lipinski definition) is 5. The van der Waals surface area contributed by atoms with Gasteiger partial charge in [-0.05, 0) is 35.7 Å². The molecule has 1 N–H and O–H groups in total. The number of rotatable bonds is 5. The Labute approximate surface area is 149 Å². The van der Waals surface area contributed by atoms with Crippen LogP contribution in [0.3, 0.4) is 0 Å². The Hall–Kier alpha value is -2.73. The van der Waals surface area contributed by atoms with Crippen molar-refractivity contribution in [1.82, 2.24) is 9.97 Å². The van der Waals surface area contributed by atoms with Gasteiger partial charge in [0.05, 0.1) is 12.3 Å². The summed E-state index contributed by atoms with van der Waals surface area (Å²) in [7, 11) is 0. The quantitative estimate of drug-likeness (QED) is 0.761. The van der Waals surface area contributed by atoms with Gasteiger partial charge in [-0.25, -0.2) is 4.98 Å². The SMILES string of the molecule is O=C(CCc1ccc2c(c1)CCO2)Nc1nc(-c2ccncc2)cs1. The predicted octanol–water partition coefficient (Wildman–Crippen LogP) is 3.71. The second-order valence-corrected chi connectivity index (χ2v) is 6.72. The average molecular weight is 351 g/mol. The molecule has 1 aliphatic heterocycles. The summed E-state index contributed by atoms with van der Waals surface area (Å²) in [5.74, 6) is 0.951. The zero-order valence-corrected chi connectivity index (χ0v) is 14.4. The molecule has 126 valence electrons. The van der Waals surface area contributed by atoms with Crippen LogP contribution in [0.25, 0.3) is 11.3 Å². The lowest BCUT2D eigenvalue weighted by molar-refractivity contribution is -0.116. The highest BCUT2D eigenvalue weighted by atomic mass is 32.1. The Morgan fingerprint density at radius 2 is 2.12 bits per heavy atom. The van der Waals surface area contributed by atoms with Crippen molar-refractivity contribution >= 4 is 22.4 Å². The molecule has 3 heterocycles. The second-order valence-electron chi connectivity index (χ2n) is 5.86. The molecule has 0 saturated heterocycles. The highest BCUT2D eigenvalue weighted by Crippen LogP contribution is 2.27.